The topological polar surface area (TPSA) is 61.9 Å². The summed E-state index contributed by atoms with van der Waals surface area (Å²) in [5.74, 6) is 0.664. The first-order valence-electron chi connectivity index (χ1n) is 10.0. The van der Waals surface area contributed by atoms with Crippen molar-refractivity contribution in [1.82, 2.24) is 9.62 Å². The quantitative estimate of drug-likeness (QED) is 0.715. The molecule has 0 amide bonds. The Kier molecular flexibility index (Phi) is 6.82. The molecule has 2 aromatic rings. The summed E-state index contributed by atoms with van der Waals surface area (Å²) >= 11 is 0. The highest BCUT2D eigenvalue weighted by Crippen LogP contribution is 2.30. The molecular formula is C22H31N3O3S. The van der Waals surface area contributed by atoms with Crippen molar-refractivity contribution in [2.75, 3.05) is 45.7 Å². The fourth-order valence-electron chi connectivity index (χ4n) is 3.76. The van der Waals surface area contributed by atoms with E-state index in [1.54, 1.807) is 24.3 Å². The summed E-state index contributed by atoms with van der Waals surface area (Å²) in [4.78, 5) is 4.57. The fraction of sp³-hybridized carbons (Fsp3) is 0.455. The van der Waals surface area contributed by atoms with E-state index in [1.807, 2.05) is 21.0 Å². The molecule has 0 unspecified atom stereocenters. The minimum Gasteiger partial charge on any atom is -0.494 e. The van der Waals surface area contributed by atoms with Gasteiger partial charge in [0.2, 0.25) is 10.0 Å². The number of likely N-dealkylation sites (N-methyl/N-ethyl adjacent to an activating group) is 1. The minimum atomic E-state index is -3.60. The Balaban J connectivity index is 1.75. The van der Waals surface area contributed by atoms with Crippen molar-refractivity contribution in [2.45, 2.75) is 30.7 Å². The van der Waals surface area contributed by atoms with Crippen LogP contribution < -0.4 is 14.4 Å². The zero-order valence-corrected chi connectivity index (χ0v) is 18.5. The van der Waals surface area contributed by atoms with E-state index in [0.29, 0.717) is 18.9 Å². The molecule has 0 saturated heterocycles. The zero-order valence-electron chi connectivity index (χ0n) is 17.7. The van der Waals surface area contributed by atoms with Gasteiger partial charge in [-0.15, -0.1) is 0 Å². The lowest BCUT2D eigenvalue weighted by atomic mass is 9.96. The molecule has 0 fully saturated rings. The van der Waals surface area contributed by atoms with Gasteiger partial charge in [0, 0.05) is 31.9 Å². The van der Waals surface area contributed by atoms with Gasteiger partial charge < -0.3 is 14.5 Å². The standard InChI is InChI=1S/C22H31N3O3S/c1-5-28-19-9-11-20(12-10-19)29(26,27)23-16-22(24(2)3)18-8-13-21-17(15-18)7-6-14-25(21)4/h8-13,15,22-23H,5-7,14,16H2,1-4H3/t22-/m1/s1. The van der Waals surface area contributed by atoms with Crippen LogP contribution in [0.15, 0.2) is 47.4 Å². The number of sulfonamides is 1. The lowest BCUT2D eigenvalue weighted by Gasteiger charge is -2.30. The maximum Gasteiger partial charge on any atom is 0.240 e. The van der Waals surface area contributed by atoms with Crippen molar-refractivity contribution in [1.29, 1.82) is 0 Å². The summed E-state index contributed by atoms with van der Waals surface area (Å²) in [5, 5.41) is 0. The molecule has 1 aliphatic rings. The predicted molar refractivity (Wildman–Crippen MR) is 117 cm³/mol. The summed E-state index contributed by atoms with van der Waals surface area (Å²) in [6.07, 6.45) is 2.20. The van der Waals surface area contributed by atoms with Gasteiger partial charge in [-0.2, -0.15) is 0 Å². The third-order valence-corrected chi connectivity index (χ3v) is 6.81. The van der Waals surface area contributed by atoms with E-state index in [-0.39, 0.29) is 10.9 Å². The number of fused-ring (bicyclic) bond motifs is 1. The third-order valence-electron chi connectivity index (χ3n) is 5.37. The molecule has 1 heterocycles. The second-order valence-corrected chi connectivity index (χ2v) is 9.42. The summed E-state index contributed by atoms with van der Waals surface area (Å²) in [6.45, 7) is 3.82. The molecule has 1 atom stereocenters. The number of ether oxygens (including phenoxy) is 1. The Bertz CT molecular complexity index is 927. The molecule has 6 nitrogen and oxygen atoms in total. The second kappa shape index (κ2) is 9.15. The number of anilines is 1. The normalized spacial score (nSPS) is 15.3. The van der Waals surface area contributed by atoms with Crippen LogP contribution in [-0.2, 0) is 16.4 Å². The van der Waals surface area contributed by atoms with E-state index in [0.717, 1.165) is 24.9 Å². The van der Waals surface area contributed by atoms with Crippen molar-refractivity contribution in [3.63, 3.8) is 0 Å². The smallest absolute Gasteiger partial charge is 0.240 e. The van der Waals surface area contributed by atoms with E-state index in [9.17, 15) is 8.42 Å². The van der Waals surface area contributed by atoms with E-state index in [4.69, 9.17) is 4.74 Å². The Morgan fingerprint density at radius 2 is 1.90 bits per heavy atom. The van der Waals surface area contributed by atoms with Gasteiger partial charge in [-0.3, -0.25) is 0 Å². The fourth-order valence-corrected chi connectivity index (χ4v) is 4.80. The van der Waals surface area contributed by atoms with Gasteiger partial charge in [-0.25, -0.2) is 13.1 Å². The lowest BCUT2D eigenvalue weighted by molar-refractivity contribution is 0.299. The predicted octanol–water partition coefficient (Wildman–Crippen LogP) is 3.05. The molecule has 158 valence electrons. The highest BCUT2D eigenvalue weighted by atomic mass is 32.2. The number of nitrogens with zero attached hydrogens (tertiary/aromatic N) is 2. The first-order chi connectivity index (χ1) is 13.8. The Morgan fingerprint density at radius 3 is 2.55 bits per heavy atom. The molecule has 29 heavy (non-hydrogen) atoms. The highest BCUT2D eigenvalue weighted by molar-refractivity contribution is 7.89. The van der Waals surface area contributed by atoms with Crippen molar-refractivity contribution >= 4 is 15.7 Å². The van der Waals surface area contributed by atoms with Gasteiger partial charge in [0.15, 0.2) is 0 Å². The molecule has 3 rings (SSSR count). The van der Waals surface area contributed by atoms with E-state index >= 15 is 0 Å². The van der Waals surface area contributed by atoms with Crippen molar-refractivity contribution < 1.29 is 13.2 Å². The summed E-state index contributed by atoms with van der Waals surface area (Å²) in [7, 11) is 2.47. The van der Waals surface area contributed by atoms with Crippen molar-refractivity contribution in [3.8, 4) is 5.75 Å². The molecule has 0 radical (unpaired) electrons. The molecule has 2 aromatic carbocycles. The first kappa shape index (κ1) is 21.6. The Hall–Kier alpha value is -2.09. The SMILES string of the molecule is CCOc1ccc(S(=O)(=O)NC[C@H](c2ccc3c(c2)CCCN3C)N(C)C)cc1. The van der Waals surface area contributed by atoms with Gasteiger partial charge in [0.25, 0.3) is 0 Å². The number of benzene rings is 2. The first-order valence-corrected chi connectivity index (χ1v) is 11.5. The van der Waals surface area contributed by atoms with Crippen LogP contribution in [0.25, 0.3) is 0 Å². The number of hydrogen-bond acceptors (Lipinski definition) is 5. The maximum absolute atomic E-state index is 12.8. The van der Waals surface area contributed by atoms with Gasteiger partial charge in [0.05, 0.1) is 11.5 Å². The van der Waals surface area contributed by atoms with Crippen molar-refractivity contribution in [3.05, 3.63) is 53.6 Å². The van der Waals surface area contributed by atoms with Crippen LogP contribution in [0.5, 0.6) is 5.75 Å². The average molecular weight is 418 g/mol. The largest absolute Gasteiger partial charge is 0.494 e. The van der Waals surface area contributed by atoms with Crippen LogP contribution in [0.2, 0.25) is 0 Å². The van der Waals surface area contributed by atoms with Crippen LogP contribution >= 0.6 is 0 Å². The number of nitrogens with one attached hydrogen (secondary N) is 1. The Labute approximate surface area is 174 Å². The molecule has 0 aromatic heterocycles. The van der Waals surface area contributed by atoms with Crippen molar-refractivity contribution in [2.24, 2.45) is 0 Å². The average Bonchev–Trinajstić information content (AvgIpc) is 2.68. The van der Waals surface area contributed by atoms with E-state index < -0.39 is 10.0 Å². The molecular weight excluding hydrogens is 386 g/mol. The highest BCUT2D eigenvalue weighted by Gasteiger charge is 2.22. The second-order valence-electron chi connectivity index (χ2n) is 7.65. The maximum atomic E-state index is 12.8. The van der Waals surface area contributed by atoms with E-state index in [2.05, 4.69) is 39.8 Å². The molecule has 0 bridgehead atoms. The van der Waals surface area contributed by atoms with Crippen LogP contribution in [0.3, 0.4) is 0 Å². The molecule has 0 saturated carbocycles. The third kappa shape index (κ3) is 5.10. The monoisotopic (exact) mass is 417 g/mol. The van der Waals surface area contributed by atoms with Crippen LogP contribution in [-0.4, -0.2) is 54.2 Å². The molecule has 7 heteroatoms. The summed E-state index contributed by atoms with van der Waals surface area (Å²) in [5.41, 5.74) is 3.73. The van der Waals surface area contributed by atoms with Crippen LogP contribution in [0, 0.1) is 0 Å². The minimum absolute atomic E-state index is 0.0509. The molecule has 0 aliphatic carbocycles. The van der Waals surface area contributed by atoms with Crippen LogP contribution in [0.1, 0.15) is 30.5 Å². The van der Waals surface area contributed by atoms with Gasteiger partial charge in [0.1, 0.15) is 5.75 Å². The van der Waals surface area contributed by atoms with E-state index in [1.165, 1.54) is 11.3 Å². The molecule has 0 spiro atoms. The number of aryl methyl sites for hydroxylation is 1. The number of rotatable bonds is 8. The van der Waals surface area contributed by atoms with Gasteiger partial charge >= 0.3 is 0 Å². The summed E-state index contributed by atoms with van der Waals surface area (Å²) < 4.78 is 33.7. The Morgan fingerprint density at radius 1 is 1.17 bits per heavy atom. The zero-order chi connectivity index (χ0) is 21.0. The summed E-state index contributed by atoms with van der Waals surface area (Å²) in [6, 6.07) is 13.0. The van der Waals surface area contributed by atoms with Crippen LogP contribution in [0.4, 0.5) is 5.69 Å². The number of hydrogen-bond donors (Lipinski definition) is 1. The van der Waals surface area contributed by atoms with Gasteiger partial charge in [-0.1, -0.05) is 12.1 Å². The lowest BCUT2D eigenvalue weighted by Crippen LogP contribution is -2.34. The molecule has 1 N–H and O–H groups in total. The van der Waals surface area contributed by atoms with Gasteiger partial charge in [-0.05, 0) is 75.3 Å². The molecule has 1 aliphatic heterocycles.